The molecule has 8 aromatic rings. The van der Waals surface area contributed by atoms with Crippen molar-refractivity contribution in [2.45, 2.75) is 174 Å². The SMILES string of the molecule is CC(C)(C)OC(=O)NC1CNC1.C[C@H]1C[C@@H](CC(=O)CBr)CN(c2ccc(C(F)(F)F)c3ncccc23)C1.C[C@H]1C[C@@H](CC(=O)CN2CC(NC(=O)OC(C)(C)C)C2)CN(c2ccc(C(F)(F)F)c3ncccc23)C1.C[C@H]1C[C@@H](N)CN(c2ccc(C(F)(F)F)c3ncccc23)C1.C[C@H]1C[C@@H](NC(=O)CN2CC(N)C2)CN(c2ccc(C(F)(F)F)c3ncccc23)C1.O=C(O)CBr. The lowest BCUT2D eigenvalue weighted by molar-refractivity contribution is -0.137. The van der Waals surface area contributed by atoms with Gasteiger partial charge in [0.15, 0.2) is 0 Å². The molecule has 0 spiro atoms. The molecule has 39 heteroatoms. The number of likely N-dealkylation sites (tertiary alicyclic amines) is 2. The van der Waals surface area contributed by atoms with E-state index in [-0.39, 0.29) is 98.9 Å². The van der Waals surface area contributed by atoms with E-state index in [1.54, 1.807) is 48.5 Å². The molecule has 0 bridgehead atoms. The number of rotatable bonds is 17. The van der Waals surface area contributed by atoms with Crippen LogP contribution in [0.4, 0.5) is 85.0 Å². The van der Waals surface area contributed by atoms with Crippen molar-refractivity contribution < 1.29 is 96.0 Å². The second kappa shape index (κ2) is 45.2. The number of carboxylic acid groups (broad SMARTS) is 1. The quantitative estimate of drug-likeness (QED) is 0.0329. The molecule has 0 saturated carbocycles. The van der Waals surface area contributed by atoms with Gasteiger partial charge in [0, 0.05) is 192 Å². The number of benzene rings is 4. The lowest BCUT2D eigenvalue weighted by Gasteiger charge is -2.40. The number of amides is 3. The predicted octanol–water partition coefficient (Wildman–Crippen LogP) is 16.6. The fraction of sp³-hybridized carbons (Fsp3) is 0.548. The smallest absolute Gasteiger partial charge is 0.418 e. The monoisotopic (exact) mass is 1990 g/mol. The van der Waals surface area contributed by atoms with Crippen molar-refractivity contribution in [3.05, 3.63) is 144 Å². The minimum atomic E-state index is -4.48. The number of pyridine rings is 4. The van der Waals surface area contributed by atoms with Crippen molar-refractivity contribution in [2.24, 2.45) is 47.0 Å². The van der Waals surface area contributed by atoms with Crippen molar-refractivity contribution in [2.75, 3.05) is 135 Å². The third-order valence-electron chi connectivity index (χ3n) is 23.0. The van der Waals surface area contributed by atoms with E-state index in [0.717, 1.165) is 106 Å². The van der Waals surface area contributed by atoms with Crippen molar-refractivity contribution in [3.8, 4) is 0 Å². The molecule has 15 rings (SSSR count). The van der Waals surface area contributed by atoms with E-state index in [0.29, 0.717) is 129 Å². The van der Waals surface area contributed by atoms with Gasteiger partial charge in [0.2, 0.25) is 5.91 Å². The first kappa shape index (κ1) is 105. The fourth-order valence-electron chi connectivity index (χ4n) is 17.9. The summed E-state index contributed by atoms with van der Waals surface area (Å²) in [6, 6.07) is 24.3. The summed E-state index contributed by atoms with van der Waals surface area (Å²) in [6.07, 6.45) is -8.51. The summed E-state index contributed by atoms with van der Waals surface area (Å²) in [5.74, 6) is 1.10. The van der Waals surface area contributed by atoms with Crippen LogP contribution in [0.15, 0.2) is 122 Å². The van der Waals surface area contributed by atoms with Gasteiger partial charge in [-0.2, -0.15) is 52.7 Å². The largest absolute Gasteiger partial charge is 0.481 e. The number of nitrogens with one attached hydrogen (secondary N) is 4. The second-order valence-electron chi connectivity index (χ2n) is 37.5. The van der Waals surface area contributed by atoms with E-state index in [2.05, 4.69) is 120 Å². The molecule has 7 aliphatic rings. The van der Waals surface area contributed by atoms with Crippen LogP contribution < -0.4 is 52.3 Å². The van der Waals surface area contributed by atoms with E-state index < -0.39 is 70.2 Å². The number of ketones is 2. The Morgan fingerprint density at radius 3 is 1.07 bits per heavy atom. The molecule has 7 aliphatic heterocycles. The molecule has 3 amide bonds. The predicted molar refractivity (Wildman–Crippen MR) is 492 cm³/mol. The van der Waals surface area contributed by atoms with E-state index in [4.69, 9.17) is 26.0 Å². The van der Waals surface area contributed by atoms with Crippen LogP contribution in [0, 0.1) is 35.5 Å². The molecule has 0 aliphatic carbocycles. The Hall–Kier alpha value is -9.54. The Kier molecular flexibility index (Phi) is 35.8. The molecular formula is C93H118Br2F12N16O9. The summed E-state index contributed by atoms with van der Waals surface area (Å²) in [6.45, 7) is 29.8. The number of anilines is 4. The Bertz CT molecular complexity index is 5260. The maximum Gasteiger partial charge on any atom is 0.418 e. The van der Waals surface area contributed by atoms with Gasteiger partial charge in [0.05, 0.1) is 74.8 Å². The zero-order chi connectivity index (χ0) is 96.7. The van der Waals surface area contributed by atoms with Crippen LogP contribution in [0.2, 0.25) is 0 Å². The highest BCUT2D eigenvalue weighted by Crippen LogP contribution is 2.45. The van der Waals surface area contributed by atoms with Gasteiger partial charge in [-0.25, -0.2) is 9.59 Å². The number of carboxylic acids is 1. The van der Waals surface area contributed by atoms with Crippen LogP contribution >= 0.6 is 31.9 Å². The molecule has 132 heavy (non-hydrogen) atoms. The molecule has 7 saturated heterocycles. The van der Waals surface area contributed by atoms with Gasteiger partial charge in [0.1, 0.15) is 28.1 Å². The Balaban J connectivity index is 0.000000174. The van der Waals surface area contributed by atoms with Crippen LogP contribution in [0.5, 0.6) is 0 Å². The fourth-order valence-corrected chi connectivity index (χ4v) is 18.1. The van der Waals surface area contributed by atoms with Gasteiger partial charge in [-0.3, -0.25) is 48.9 Å². The summed E-state index contributed by atoms with van der Waals surface area (Å²) in [5, 5.41) is 21.7. The van der Waals surface area contributed by atoms with E-state index in [9.17, 15) is 81.5 Å². The number of carbonyl (C=O) groups excluding carboxylic acids is 5. The second-order valence-corrected chi connectivity index (χ2v) is 38.6. The lowest BCUT2D eigenvalue weighted by atomic mass is 9.86. The number of fused-ring (bicyclic) bond motifs is 4. The number of aliphatic carboxylic acids is 1. The van der Waals surface area contributed by atoms with Crippen LogP contribution in [-0.4, -0.2) is 227 Å². The molecule has 8 atom stereocenters. The number of Topliss-reactive ketones (excluding diaryl/α,β-unsaturated/α-hetero) is 2. The van der Waals surface area contributed by atoms with Crippen molar-refractivity contribution in [3.63, 3.8) is 0 Å². The van der Waals surface area contributed by atoms with Crippen LogP contribution in [0.3, 0.4) is 0 Å². The summed E-state index contributed by atoms with van der Waals surface area (Å²) in [4.78, 5) is 97.7. The number of nitrogens with zero attached hydrogens (tertiary/aromatic N) is 10. The summed E-state index contributed by atoms with van der Waals surface area (Å²) in [5.41, 5.74) is 10.8. The maximum absolute atomic E-state index is 13.5. The van der Waals surface area contributed by atoms with Gasteiger partial charge in [0.25, 0.3) is 0 Å². The molecule has 7 fully saturated rings. The molecule has 9 N–H and O–H groups in total. The number of piperidine rings is 4. The standard InChI is InChI=1S/C27H35F3N4O3.C21H26F3N5O.C19H20BrF3N2O.C16H18F3N3.C8H16N2O2.C2H3BrO2/c1-17-10-18(11-20(35)16-33-14-19(15-33)32-25(36)37-26(2,3)4)13-34(12-17)23-8-7-22(27(28,29)30)24-21(23)6-5-9-31-24;1-13-7-15(27-19(30)12-28-9-14(25)10-28)11-29(8-13)18-5-4-17(21(22,23)24)20-16(18)3-2-6-26-20;1-12-7-13(8-14(26)9-20)11-25(10-12)17-5-4-16(19(21,22)23)18-15(17)3-2-6-24-18;1-10-7-11(20)9-22(8-10)14-5-4-13(16(17,18)19)15-12(14)3-2-6-21-15;1-8(2,3)12-7(11)10-6-4-9-5-6;3-1-2(4)5/h5-9,17-19H,10-16H2,1-4H3,(H,32,36);2-6,13-15H,7-12,25H2,1H3,(H,27,30);2-6,12-13H,7-11H2,1H3;2-6,10-11H,7-9,20H2,1H3;6,9H,4-5H2,1-3H3,(H,10,11);1H2,(H,4,5)/t17-,18-;13-,15+;12-,13-;10-,11+;;/m0000../s1. The minimum Gasteiger partial charge on any atom is -0.481 e. The summed E-state index contributed by atoms with van der Waals surface area (Å²) >= 11 is 5.91. The maximum atomic E-state index is 13.5. The molecule has 0 radical (unpaired) electrons. The van der Waals surface area contributed by atoms with Gasteiger partial charge < -0.3 is 66.9 Å². The topological polar surface area (TPSA) is 312 Å². The van der Waals surface area contributed by atoms with Crippen LogP contribution in [0.1, 0.15) is 130 Å². The molecule has 0 unspecified atom stereocenters. The highest BCUT2D eigenvalue weighted by molar-refractivity contribution is 9.09. The number of halogens is 14. The first-order valence-electron chi connectivity index (χ1n) is 44.0. The Morgan fingerprint density at radius 2 is 0.742 bits per heavy atom. The Labute approximate surface area is 776 Å². The number of nitrogens with two attached hydrogens (primary N) is 2. The number of hydrogen-bond acceptors (Lipinski definition) is 21. The molecule has 722 valence electrons. The van der Waals surface area contributed by atoms with Crippen LogP contribution in [-0.2, 0) is 53.4 Å². The zero-order valence-electron chi connectivity index (χ0n) is 75.5. The molecular weight excluding hydrogens is 1870 g/mol. The van der Waals surface area contributed by atoms with Crippen LogP contribution in [0.25, 0.3) is 43.6 Å². The zero-order valence-corrected chi connectivity index (χ0v) is 78.7. The highest BCUT2D eigenvalue weighted by Gasteiger charge is 2.42. The highest BCUT2D eigenvalue weighted by atomic mass is 79.9. The van der Waals surface area contributed by atoms with Gasteiger partial charge >= 0.3 is 42.9 Å². The number of alkyl halides is 14. The van der Waals surface area contributed by atoms with Gasteiger partial charge in [-0.15, -0.1) is 0 Å². The molecule has 11 heterocycles. The van der Waals surface area contributed by atoms with E-state index in [1.165, 1.54) is 49.1 Å². The normalized spacial score (nSPS) is 21.3. The number of aromatic nitrogens is 4. The number of hydrogen-bond donors (Lipinski definition) is 7. The van der Waals surface area contributed by atoms with Gasteiger partial charge in [-0.1, -0.05) is 59.6 Å². The Morgan fingerprint density at radius 1 is 0.409 bits per heavy atom. The average molecular weight is 1990 g/mol. The first-order chi connectivity index (χ1) is 61.9. The van der Waals surface area contributed by atoms with Crippen molar-refractivity contribution in [1.29, 1.82) is 0 Å². The lowest BCUT2D eigenvalue weighted by Crippen LogP contribution is -2.60. The van der Waals surface area contributed by atoms with Crippen molar-refractivity contribution in [1.82, 2.24) is 51.0 Å². The third kappa shape index (κ3) is 30.2. The van der Waals surface area contributed by atoms with Gasteiger partial charge in [-0.05, 0) is 200 Å². The van der Waals surface area contributed by atoms with Crippen molar-refractivity contribution >= 4 is 134 Å². The average Bonchev–Trinajstić information content (AvgIpc) is 0.781. The summed E-state index contributed by atoms with van der Waals surface area (Å²) < 4.78 is 170. The van der Waals surface area contributed by atoms with E-state index in [1.807, 2.05) is 51.3 Å². The molecule has 4 aromatic heterocycles. The van der Waals surface area contributed by atoms with E-state index >= 15 is 0 Å². The minimum absolute atomic E-state index is 0.000650. The number of alkyl carbamates (subject to hydrolysis) is 2. The molecule has 4 aromatic carbocycles. The molecule has 25 nitrogen and oxygen atoms in total. The number of carbonyl (C=O) groups is 6. The summed E-state index contributed by atoms with van der Waals surface area (Å²) in [7, 11) is 0. The number of ether oxygens (including phenoxy) is 2. The third-order valence-corrected chi connectivity index (χ3v) is 24.1. The first-order valence-corrected chi connectivity index (χ1v) is 46.2.